The largest absolute Gasteiger partial charge is 0.359 e. The normalized spacial score (nSPS) is 11.5. The minimum atomic E-state index is -0.492. The minimum absolute atomic E-state index is 0.0116. The lowest BCUT2D eigenvalue weighted by Gasteiger charge is -2.07. The minimum Gasteiger partial charge on any atom is -0.359 e. The Morgan fingerprint density at radius 2 is 1.95 bits per heavy atom. The molecular weight excluding hydrogens is 286 g/mol. The lowest BCUT2D eigenvalue weighted by atomic mass is 10.1. The fraction of sp³-hybridized carbons (Fsp3) is 0.357. The highest BCUT2D eigenvalue weighted by Gasteiger charge is 2.15. The molecule has 0 saturated carbocycles. The molecule has 0 unspecified atom stereocenters. The molecule has 0 radical (unpaired) electrons. The van der Waals surface area contributed by atoms with E-state index in [1.54, 1.807) is 13.1 Å². The molecule has 3 aromatic heterocycles. The molecule has 0 aromatic carbocycles. The second-order valence-electron chi connectivity index (χ2n) is 5.33. The molecule has 0 aliphatic rings. The monoisotopic (exact) mass is 301 g/mol. The van der Waals surface area contributed by atoms with E-state index in [0.717, 1.165) is 10.3 Å². The van der Waals surface area contributed by atoms with Crippen LogP contribution in [-0.2, 0) is 13.6 Å². The van der Waals surface area contributed by atoms with Gasteiger partial charge in [-0.15, -0.1) is 0 Å². The molecule has 0 bridgehead atoms. The first-order valence-electron chi connectivity index (χ1n) is 6.85. The number of hydrogen-bond acceptors (Lipinski definition) is 6. The van der Waals surface area contributed by atoms with Crippen molar-refractivity contribution in [3.05, 3.63) is 50.8 Å². The lowest BCUT2D eigenvalue weighted by Crippen LogP contribution is -2.39. The van der Waals surface area contributed by atoms with Gasteiger partial charge in [-0.3, -0.25) is 13.9 Å². The third-order valence-electron chi connectivity index (χ3n) is 3.44. The van der Waals surface area contributed by atoms with E-state index >= 15 is 0 Å². The number of aryl methyl sites for hydroxylation is 1. The van der Waals surface area contributed by atoms with Crippen LogP contribution in [0.15, 0.2) is 32.6 Å². The van der Waals surface area contributed by atoms with Crippen LogP contribution >= 0.6 is 0 Å². The van der Waals surface area contributed by atoms with Crippen molar-refractivity contribution in [2.45, 2.75) is 26.3 Å². The number of rotatable bonds is 3. The fourth-order valence-corrected chi connectivity index (χ4v) is 2.18. The van der Waals surface area contributed by atoms with Crippen LogP contribution in [0.5, 0.6) is 0 Å². The molecule has 0 spiro atoms. The number of hydrogen-bond donors (Lipinski definition) is 0. The van der Waals surface area contributed by atoms with Crippen molar-refractivity contribution in [1.82, 2.24) is 24.3 Å². The third-order valence-corrected chi connectivity index (χ3v) is 3.44. The van der Waals surface area contributed by atoms with Crippen LogP contribution in [0.4, 0.5) is 0 Å². The summed E-state index contributed by atoms with van der Waals surface area (Å²) < 4.78 is 7.56. The highest BCUT2D eigenvalue weighted by molar-refractivity contribution is 5.67. The predicted molar refractivity (Wildman–Crippen MR) is 78.7 cm³/mol. The number of nitrogens with zero attached hydrogens (tertiary/aromatic N) is 5. The fourth-order valence-electron chi connectivity index (χ4n) is 2.18. The Morgan fingerprint density at radius 3 is 2.64 bits per heavy atom. The predicted octanol–water partition coefficient (Wildman–Crippen LogP) is 0.650. The molecule has 3 rings (SSSR count). The first-order chi connectivity index (χ1) is 10.5. The maximum atomic E-state index is 12.4. The average molecular weight is 301 g/mol. The van der Waals surface area contributed by atoms with Gasteiger partial charge in [0, 0.05) is 25.5 Å². The van der Waals surface area contributed by atoms with Gasteiger partial charge in [0.25, 0.3) is 5.56 Å². The molecule has 0 fully saturated rings. The van der Waals surface area contributed by atoms with Gasteiger partial charge >= 0.3 is 5.69 Å². The molecule has 0 atom stereocenters. The Hall–Kier alpha value is -2.77. The number of fused-ring (bicyclic) bond motifs is 1. The topological polar surface area (TPSA) is 95.8 Å². The summed E-state index contributed by atoms with van der Waals surface area (Å²) in [5.74, 6) is 0.658. The van der Waals surface area contributed by atoms with E-state index in [2.05, 4.69) is 15.1 Å². The smallest absolute Gasteiger partial charge is 0.332 e. The lowest BCUT2D eigenvalue weighted by molar-refractivity contribution is 0.365. The van der Waals surface area contributed by atoms with Crippen LogP contribution in [0, 0.1) is 0 Å². The van der Waals surface area contributed by atoms with Gasteiger partial charge in [-0.05, 0) is 5.92 Å². The zero-order valence-electron chi connectivity index (χ0n) is 12.5. The molecular formula is C14H15N5O3. The van der Waals surface area contributed by atoms with Crippen molar-refractivity contribution >= 4 is 11.2 Å². The molecule has 8 nitrogen and oxygen atoms in total. The molecule has 3 heterocycles. The molecule has 0 aliphatic heterocycles. The van der Waals surface area contributed by atoms with Gasteiger partial charge < -0.3 is 4.52 Å². The van der Waals surface area contributed by atoms with Crippen molar-refractivity contribution in [3.8, 4) is 0 Å². The van der Waals surface area contributed by atoms with Crippen LogP contribution in [-0.4, -0.2) is 24.3 Å². The maximum Gasteiger partial charge on any atom is 0.332 e. The second kappa shape index (κ2) is 5.21. The Balaban J connectivity index is 2.14. The highest BCUT2D eigenvalue weighted by atomic mass is 16.5. The van der Waals surface area contributed by atoms with Gasteiger partial charge in [-0.25, -0.2) is 14.8 Å². The molecule has 3 aromatic rings. The summed E-state index contributed by atoms with van der Waals surface area (Å²) in [5.41, 5.74) is 0.219. The van der Waals surface area contributed by atoms with Crippen LogP contribution in [0.2, 0.25) is 0 Å². The highest BCUT2D eigenvalue weighted by Crippen LogP contribution is 2.14. The summed E-state index contributed by atoms with van der Waals surface area (Å²) in [6, 6.07) is 1.75. The summed E-state index contributed by atoms with van der Waals surface area (Å²) in [7, 11) is 1.55. The van der Waals surface area contributed by atoms with Gasteiger partial charge in [0.15, 0.2) is 16.9 Å². The van der Waals surface area contributed by atoms with Gasteiger partial charge in [0.2, 0.25) is 0 Å². The van der Waals surface area contributed by atoms with E-state index in [1.807, 2.05) is 13.8 Å². The van der Waals surface area contributed by atoms with Crippen molar-refractivity contribution in [3.63, 3.8) is 0 Å². The van der Waals surface area contributed by atoms with Crippen LogP contribution < -0.4 is 11.2 Å². The summed E-state index contributed by atoms with van der Waals surface area (Å²) in [6.45, 7) is 3.98. The Bertz CT molecular complexity index is 951. The van der Waals surface area contributed by atoms with Crippen molar-refractivity contribution in [2.24, 2.45) is 7.05 Å². The van der Waals surface area contributed by atoms with E-state index in [0.29, 0.717) is 5.76 Å². The third kappa shape index (κ3) is 2.22. The van der Waals surface area contributed by atoms with E-state index < -0.39 is 11.2 Å². The molecule has 8 heteroatoms. The van der Waals surface area contributed by atoms with E-state index in [-0.39, 0.29) is 23.6 Å². The van der Waals surface area contributed by atoms with E-state index in [9.17, 15) is 9.59 Å². The molecule has 114 valence electrons. The first kappa shape index (κ1) is 14.2. The SMILES string of the molecule is CC(C)c1cc(Cn2c(=O)c3nccnc3n(C)c2=O)on1. The van der Waals surface area contributed by atoms with Crippen LogP contribution in [0.25, 0.3) is 11.2 Å². The van der Waals surface area contributed by atoms with Gasteiger partial charge in [-0.1, -0.05) is 19.0 Å². The Labute approximate surface area is 125 Å². The van der Waals surface area contributed by atoms with Crippen molar-refractivity contribution in [1.29, 1.82) is 0 Å². The van der Waals surface area contributed by atoms with Gasteiger partial charge in [0.1, 0.15) is 0 Å². The zero-order valence-corrected chi connectivity index (χ0v) is 12.5. The first-order valence-corrected chi connectivity index (χ1v) is 6.85. The van der Waals surface area contributed by atoms with E-state index in [4.69, 9.17) is 4.52 Å². The van der Waals surface area contributed by atoms with Crippen molar-refractivity contribution < 1.29 is 4.52 Å². The average Bonchev–Trinajstić information content (AvgIpc) is 2.98. The summed E-state index contributed by atoms with van der Waals surface area (Å²) in [6.07, 6.45) is 2.86. The van der Waals surface area contributed by atoms with E-state index in [1.165, 1.54) is 17.0 Å². The van der Waals surface area contributed by atoms with Gasteiger partial charge in [-0.2, -0.15) is 0 Å². The molecule has 0 aliphatic carbocycles. The Kier molecular flexibility index (Phi) is 3.36. The second-order valence-corrected chi connectivity index (χ2v) is 5.33. The summed E-state index contributed by atoms with van der Waals surface area (Å²) >= 11 is 0. The van der Waals surface area contributed by atoms with Gasteiger partial charge in [0.05, 0.1) is 12.2 Å². The van der Waals surface area contributed by atoms with Crippen LogP contribution in [0.3, 0.4) is 0 Å². The summed E-state index contributed by atoms with van der Waals surface area (Å²) in [5, 5.41) is 3.93. The molecule has 0 N–H and O–H groups in total. The molecule has 0 amide bonds. The Morgan fingerprint density at radius 1 is 1.23 bits per heavy atom. The number of aromatic nitrogens is 5. The molecule has 0 saturated heterocycles. The van der Waals surface area contributed by atoms with Crippen molar-refractivity contribution in [2.75, 3.05) is 0 Å². The molecule has 22 heavy (non-hydrogen) atoms. The maximum absolute atomic E-state index is 12.4. The van der Waals surface area contributed by atoms with Crippen LogP contribution in [0.1, 0.15) is 31.2 Å². The standard InChI is InChI=1S/C14H15N5O3/c1-8(2)10-6-9(22-17-10)7-19-13(20)11-12(16-5-4-15-11)18(3)14(19)21/h4-6,8H,7H2,1-3H3. The zero-order chi connectivity index (χ0) is 15.9. The quantitative estimate of drug-likeness (QED) is 0.704. The summed E-state index contributed by atoms with van der Waals surface area (Å²) in [4.78, 5) is 32.8.